The van der Waals surface area contributed by atoms with Gasteiger partial charge in [0.2, 0.25) is 0 Å². The van der Waals surface area contributed by atoms with E-state index in [4.69, 9.17) is 4.80 Å². The van der Waals surface area contributed by atoms with Crippen molar-refractivity contribution < 1.29 is 53.8 Å². The van der Waals surface area contributed by atoms with Gasteiger partial charge in [-0.15, -0.1) is 0 Å². The molecule has 46 valence electrons. The Hall–Kier alpha value is 2.28. The Kier molecular flexibility index (Phi) is 25.7. The molecule has 5 nitrogen and oxygen atoms in total. The summed E-state index contributed by atoms with van der Waals surface area (Å²) in [5, 5.41) is 0. The van der Waals surface area contributed by atoms with E-state index in [2.05, 4.69) is 4.43 Å². The Labute approximate surface area is 106 Å². The minimum atomic E-state index is -4.63. The van der Waals surface area contributed by atoms with Crippen LogP contribution in [0.3, 0.4) is 0 Å². The number of hydrogen-bond donors (Lipinski definition) is 1. The molecule has 0 amide bonds. The summed E-state index contributed by atoms with van der Waals surface area (Å²) in [7, 11) is -3.74. The zero-order valence-electron chi connectivity index (χ0n) is 5.33. The maximum Gasteiger partial charge on any atom is 2.00 e. The second kappa shape index (κ2) is 10.3. The van der Waals surface area contributed by atoms with Crippen LogP contribution >= 0.6 is 0 Å². The van der Waals surface area contributed by atoms with Gasteiger partial charge in [0.05, 0.1) is 0 Å². The predicted octanol–water partition coefficient (Wildman–Crippen LogP) is -6.77. The number of hydrogen-bond acceptors (Lipinski definition) is 5. The maximum atomic E-state index is 9.39. The zero-order valence-corrected chi connectivity index (χ0v) is 10.5. The van der Waals surface area contributed by atoms with Crippen molar-refractivity contribution in [2.75, 3.05) is 7.11 Å². The van der Waals surface area contributed by atoms with Crippen LogP contribution in [-0.4, -0.2) is 64.2 Å². The monoisotopic (exact) mass is 188 g/mol. The Morgan fingerprint density at radius 3 is 1.56 bits per heavy atom. The SMILES string of the molecule is CO[Si]([O-])([O-])O.[Ca+2].[Na+].[OH-]. The largest absolute Gasteiger partial charge is 2.00 e. The molecule has 0 spiro atoms. The molecule has 0 aliphatic carbocycles. The summed E-state index contributed by atoms with van der Waals surface area (Å²) in [4.78, 5) is 26.4. The summed E-state index contributed by atoms with van der Waals surface area (Å²) in [6.07, 6.45) is 0. The molecule has 9 heavy (non-hydrogen) atoms. The van der Waals surface area contributed by atoms with Crippen LogP contribution in [0.15, 0.2) is 0 Å². The minimum absolute atomic E-state index is 0. The Balaban J connectivity index is -0.0000000417. The van der Waals surface area contributed by atoms with E-state index in [1.807, 2.05) is 0 Å². The third kappa shape index (κ3) is 25.3. The van der Waals surface area contributed by atoms with Crippen LogP contribution in [-0.2, 0) is 4.43 Å². The molecule has 0 aromatic rings. The fraction of sp³-hybridized carbons (Fsp3) is 1.00. The quantitative estimate of drug-likeness (QED) is 0.412. The van der Waals surface area contributed by atoms with Crippen LogP contribution in [0.4, 0.5) is 0 Å². The van der Waals surface area contributed by atoms with Gasteiger partial charge in [-0.3, -0.25) is 0 Å². The second-order valence-electron chi connectivity index (χ2n) is 0.728. The van der Waals surface area contributed by atoms with Crippen LogP contribution in [0.25, 0.3) is 0 Å². The van der Waals surface area contributed by atoms with Gasteiger partial charge in [-0.25, -0.2) is 0 Å². The van der Waals surface area contributed by atoms with Crippen molar-refractivity contribution >= 4 is 46.8 Å². The van der Waals surface area contributed by atoms with Crippen LogP contribution in [0, 0.1) is 0 Å². The Morgan fingerprint density at radius 2 is 1.56 bits per heavy atom. The molecule has 0 fully saturated rings. The minimum Gasteiger partial charge on any atom is -0.870 e. The van der Waals surface area contributed by atoms with Crippen LogP contribution < -0.4 is 39.1 Å². The molecule has 0 bridgehead atoms. The molecule has 0 saturated carbocycles. The molecule has 2 N–H and O–H groups in total. The molecule has 0 saturated heterocycles. The summed E-state index contributed by atoms with van der Waals surface area (Å²) in [5.41, 5.74) is 0. The predicted molar refractivity (Wildman–Crippen MR) is 22.7 cm³/mol. The number of rotatable bonds is 1. The molecule has 0 rings (SSSR count). The standard InChI is InChI=1S/CH4O4Si.Ca.Na.H2O/c1-5-6(2,3)4;;;/h2H,1H3;;;1H2/q-2;+2;+1;/p-1. The van der Waals surface area contributed by atoms with Gasteiger partial charge in [0.15, 0.2) is 0 Å². The van der Waals surface area contributed by atoms with Crippen molar-refractivity contribution in [3.05, 3.63) is 0 Å². The zero-order chi connectivity index (χ0) is 5.21. The van der Waals surface area contributed by atoms with Crippen molar-refractivity contribution in [2.24, 2.45) is 0 Å². The maximum absolute atomic E-state index is 9.39. The van der Waals surface area contributed by atoms with E-state index < -0.39 is 9.05 Å². The topological polar surface area (TPSA) is 106 Å². The van der Waals surface area contributed by atoms with Crippen molar-refractivity contribution in [3.8, 4) is 0 Å². The fourth-order valence-electron chi connectivity index (χ4n) is 0. The van der Waals surface area contributed by atoms with E-state index in [0.717, 1.165) is 7.11 Å². The second-order valence-corrected chi connectivity index (χ2v) is 2.18. The van der Waals surface area contributed by atoms with Crippen LogP contribution in [0.5, 0.6) is 0 Å². The fourth-order valence-corrected chi connectivity index (χ4v) is 0. The van der Waals surface area contributed by atoms with Gasteiger partial charge in [-0.05, 0) is 0 Å². The first-order chi connectivity index (χ1) is 2.56. The average molecular weight is 188 g/mol. The summed E-state index contributed by atoms with van der Waals surface area (Å²) in [6.45, 7) is 0. The molecular weight excluding hydrogens is 183 g/mol. The first kappa shape index (κ1) is 22.5. The Morgan fingerprint density at radius 1 is 1.44 bits per heavy atom. The summed E-state index contributed by atoms with van der Waals surface area (Å²) in [5.74, 6) is 0. The smallest absolute Gasteiger partial charge is 0.870 e. The van der Waals surface area contributed by atoms with Gasteiger partial charge >= 0.3 is 67.3 Å². The molecule has 8 heteroatoms. The van der Waals surface area contributed by atoms with Gasteiger partial charge in [0, 0.05) is 7.11 Å². The molecule has 0 aromatic heterocycles. The summed E-state index contributed by atoms with van der Waals surface area (Å²) >= 11 is 0. The van der Waals surface area contributed by atoms with E-state index in [1.54, 1.807) is 0 Å². The average Bonchev–Trinajstić information content (AvgIpc) is 1.35. The first-order valence-electron chi connectivity index (χ1n) is 1.24. The molecule has 0 aliphatic rings. The molecule has 0 atom stereocenters. The van der Waals surface area contributed by atoms with E-state index >= 15 is 0 Å². The van der Waals surface area contributed by atoms with Gasteiger partial charge < -0.3 is 24.3 Å². The van der Waals surface area contributed by atoms with Gasteiger partial charge in [0.1, 0.15) is 9.05 Å². The Bertz CT molecular complexity index is 46.7. The van der Waals surface area contributed by atoms with Crippen molar-refractivity contribution in [2.45, 2.75) is 0 Å². The summed E-state index contributed by atoms with van der Waals surface area (Å²) in [6, 6.07) is 0. The first-order valence-corrected chi connectivity index (χ1v) is 2.92. The molecule has 0 heterocycles. The molecule has 0 aliphatic heterocycles. The molecule has 0 aromatic carbocycles. The van der Waals surface area contributed by atoms with Crippen LogP contribution in [0.2, 0.25) is 0 Å². The van der Waals surface area contributed by atoms with Crippen molar-refractivity contribution in [1.29, 1.82) is 0 Å². The van der Waals surface area contributed by atoms with Gasteiger partial charge in [0.25, 0.3) is 0 Å². The third-order valence-electron chi connectivity index (χ3n) is 0.258. The van der Waals surface area contributed by atoms with Crippen molar-refractivity contribution in [1.82, 2.24) is 0 Å². The van der Waals surface area contributed by atoms with Gasteiger partial charge in [-0.1, -0.05) is 0 Å². The van der Waals surface area contributed by atoms with E-state index in [0.29, 0.717) is 0 Å². The summed E-state index contributed by atoms with van der Waals surface area (Å²) < 4.78 is 3.52. The van der Waals surface area contributed by atoms with Gasteiger partial charge in [-0.2, -0.15) is 0 Å². The van der Waals surface area contributed by atoms with E-state index in [1.165, 1.54) is 0 Å². The van der Waals surface area contributed by atoms with E-state index in [9.17, 15) is 9.59 Å². The molecular formula is CH5CaNaO5Si. The normalized spacial score (nSPS) is 8.00. The van der Waals surface area contributed by atoms with Crippen LogP contribution in [0.1, 0.15) is 0 Å². The van der Waals surface area contributed by atoms with Crippen molar-refractivity contribution in [3.63, 3.8) is 0 Å². The third-order valence-corrected chi connectivity index (χ3v) is 0.774. The molecule has 0 radical (unpaired) electrons. The molecule has 0 unspecified atom stereocenters. The van der Waals surface area contributed by atoms with E-state index in [-0.39, 0.29) is 72.8 Å².